The Morgan fingerprint density at radius 1 is 1.47 bits per heavy atom. The zero-order chi connectivity index (χ0) is 11.4. The molecule has 1 aliphatic carbocycles. The Bertz CT molecular complexity index is 331. The van der Waals surface area contributed by atoms with E-state index in [0.29, 0.717) is 17.0 Å². The molecule has 0 radical (unpaired) electrons. The summed E-state index contributed by atoms with van der Waals surface area (Å²) in [6, 6.07) is 0. The van der Waals surface area contributed by atoms with E-state index >= 15 is 0 Å². The van der Waals surface area contributed by atoms with Gasteiger partial charge in [0.25, 0.3) is 0 Å². The van der Waals surface area contributed by atoms with Crippen molar-refractivity contribution in [2.45, 2.75) is 50.5 Å². The van der Waals surface area contributed by atoms with Crippen molar-refractivity contribution in [3.63, 3.8) is 0 Å². The minimum atomic E-state index is 0.120. The van der Waals surface area contributed by atoms with Gasteiger partial charge in [-0.05, 0) is 13.3 Å². The van der Waals surface area contributed by atoms with Crippen molar-refractivity contribution in [2.75, 3.05) is 0 Å². The molecule has 84 valence electrons. The number of hydrogen-bond donors (Lipinski definition) is 0. The monoisotopic (exact) mass is 224 g/mol. The number of carbonyl (C=O) groups excluding carboxylic acids is 1. The lowest BCUT2D eigenvalue weighted by Crippen LogP contribution is -2.57. The van der Waals surface area contributed by atoms with Gasteiger partial charge < -0.3 is 0 Å². The molecule has 0 N–H and O–H groups in total. The molecule has 1 heterocycles. The number of Topliss-reactive ketones (excluding diaryl/α,β-unsaturated/α-hetero) is 1. The molecule has 0 aromatic heterocycles. The summed E-state index contributed by atoms with van der Waals surface area (Å²) in [5.74, 6) is 0.784. The lowest BCUT2D eigenvalue weighted by atomic mass is 9.57. The lowest BCUT2D eigenvalue weighted by molar-refractivity contribution is -0.129. The van der Waals surface area contributed by atoms with Gasteiger partial charge in [0.2, 0.25) is 0 Å². The molecule has 0 aromatic carbocycles. The van der Waals surface area contributed by atoms with Crippen LogP contribution >= 0.6 is 11.8 Å². The maximum absolute atomic E-state index is 11.9. The van der Waals surface area contributed by atoms with Gasteiger partial charge in [0.1, 0.15) is 5.78 Å². The van der Waals surface area contributed by atoms with E-state index in [-0.39, 0.29) is 10.2 Å². The minimum absolute atomic E-state index is 0.120. The summed E-state index contributed by atoms with van der Waals surface area (Å²) in [6.45, 7) is 12.8. The first-order valence-corrected chi connectivity index (χ1v) is 6.51. The fraction of sp³-hybridized carbons (Fsp3) is 0.769. The van der Waals surface area contributed by atoms with Crippen molar-refractivity contribution in [1.82, 2.24) is 0 Å². The van der Waals surface area contributed by atoms with E-state index in [0.717, 1.165) is 12.8 Å². The van der Waals surface area contributed by atoms with E-state index in [4.69, 9.17) is 0 Å². The minimum Gasteiger partial charge on any atom is -0.299 e. The van der Waals surface area contributed by atoms with Gasteiger partial charge in [-0.1, -0.05) is 32.9 Å². The molecule has 2 heteroatoms. The molecule has 0 aromatic rings. The third-order valence-electron chi connectivity index (χ3n) is 4.07. The topological polar surface area (TPSA) is 17.1 Å². The number of carbonyl (C=O) groups is 1. The number of allylic oxidation sites excluding steroid dienone is 1. The predicted molar refractivity (Wildman–Crippen MR) is 66.1 cm³/mol. The lowest BCUT2D eigenvalue weighted by Gasteiger charge is -2.58. The van der Waals surface area contributed by atoms with Crippen LogP contribution in [0, 0.1) is 11.3 Å². The van der Waals surface area contributed by atoms with Gasteiger partial charge in [-0.2, -0.15) is 11.8 Å². The Morgan fingerprint density at radius 2 is 2.07 bits per heavy atom. The molecular formula is C13H20OS. The second-order valence-corrected chi connectivity index (χ2v) is 7.80. The molecule has 2 fully saturated rings. The van der Waals surface area contributed by atoms with Crippen LogP contribution in [0.25, 0.3) is 0 Å². The van der Waals surface area contributed by atoms with Gasteiger partial charge in [-0.15, -0.1) is 0 Å². The van der Waals surface area contributed by atoms with Crippen LogP contribution < -0.4 is 0 Å². The molecule has 1 aliphatic heterocycles. The van der Waals surface area contributed by atoms with Crippen LogP contribution in [0.1, 0.15) is 40.5 Å². The quantitative estimate of drug-likeness (QED) is 0.635. The third kappa shape index (κ3) is 1.57. The van der Waals surface area contributed by atoms with Crippen molar-refractivity contribution in [1.29, 1.82) is 0 Å². The third-order valence-corrected chi connectivity index (χ3v) is 5.96. The largest absolute Gasteiger partial charge is 0.299 e. The van der Waals surface area contributed by atoms with Gasteiger partial charge in [-0.3, -0.25) is 4.79 Å². The van der Waals surface area contributed by atoms with Crippen molar-refractivity contribution in [3.8, 4) is 0 Å². The Kier molecular flexibility index (Phi) is 2.35. The highest BCUT2D eigenvalue weighted by molar-refractivity contribution is 8.01. The second-order valence-electron chi connectivity index (χ2n) is 5.95. The smallest absolute Gasteiger partial charge is 0.138 e. The average molecular weight is 224 g/mol. The maximum atomic E-state index is 11.9. The molecular weight excluding hydrogens is 204 g/mol. The molecule has 0 spiro atoms. The molecule has 3 atom stereocenters. The van der Waals surface area contributed by atoms with Crippen LogP contribution in [-0.4, -0.2) is 15.8 Å². The van der Waals surface area contributed by atoms with Crippen LogP contribution in [0.15, 0.2) is 12.2 Å². The Labute approximate surface area is 96.7 Å². The summed E-state index contributed by atoms with van der Waals surface area (Å²) >= 11 is 2.00. The highest BCUT2D eigenvalue weighted by Gasteiger charge is 2.58. The molecule has 0 unspecified atom stereocenters. The fourth-order valence-corrected chi connectivity index (χ4v) is 4.69. The molecule has 2 rings (SSSR count). The predicted octanol–water partition coefficient (Wildman–Crippen LogP) is 3.44. The number of rotatable bonds is 1. The van der Waals surface area contributed by atoms with E-state index in [1.54, 1.807) is 0 Å². The molecule has 2 aliphatic rings. The summed E-state index contributed by atoms with van der Waals surface area (Å²) in [5, 5.41) is 0.478. The molecule has 1 saturated heterocycles. The summed E-state index contributed by atoms with van der Waals surface area (Å²) in [4.78, 5) is 11.9. The maximum Gasteiger partial charge on any atom is 0.138 e. The summed E-state index contributed by atoms with van der Waals surface area (Å²) in [7, 11) is 0. The van der Waals surface area contributed by atoms with E-state index in [9.17, 15) is 4.79 Å². The van der Waals surface area contributed by atoms with Crippen molar-refractivity contribution < 1.29 is 4.79 Å². The Morgan fingerprint density at radius 3 is 2.60 bits per heavy atom. The van der Waals surface area contributed by atoms with Crippen LogP contribution in [0.5, 0.6) is 0 Å². The molecule has 0 amide bonds. The van der Waals surface area contributed by atoms with Crippen LogP contribution in [-0.2, 0) is 4.79 Å². The molecule has 0 bridgehead atoms. The average Bonchev–Trinajstić information content (AvgIpc) is 2.07. The number of ketones is 1. The number of hydrogen-bond acceptors (Lipinski definition) is 2. The standard InChI is InChI=1S/C13H20OS/c1-8(2)13(5)6-9-10(14)7-12(3,4)15-11(9)13/h9,11H,1,6-7H2,2-5H3/t9-,11+,13+/m0/s1. The second kappa shape index (κ2) is 3.13. The Hall–Kier alpha value is -0.240. The zero-order valence-electron chi connectivity index (χ0n) is 10.1. The summed E-state index contributed by atoms with van der Waals surface area (Å²) < 4.78 is 0.120. The number of fused-ring (bicyclic) bond motifs is 1. The Balaban J connectivity index is 2.23. The van der Waals surface area contributed by atoms with Gasteiger partial charge in [0, 0.05) is 27.8 Å². The van der Waals surface area contributed by atoms with Crippen molar-refractivity contribution >= 4 is 17.5 Å². The first-order valence-electron chi connectivity index (χ1n) is 5.63. The summed E-state index contributed by atoms with van der Waals surface area (Å²) in [5.41, 5.74) is 1.43. The van der Waals surface area contributed by atoms with E-state index in [1.807, 2.05) is 11.8 Å². The fourth-order valence-electron chi connectivity index (χ4n) is 2.81. The van der Waals surface area contributed by atoms with Crippen molar-refractivity contribution in [2.24, 2.45) is 11.3 Å². The molecule has 1 nitrogen and oxygen atoms in total. The normalized spacial score (nSPS) is 43.1. The van der Waals surface area contributed by atoms with E-state index in [1.165, 1.54) is 5.57 Å². The van der Waals surface area contributed by atoms with Gasteiger partial charge in [-0.25, -0.2) is 0 Å². The number of thioether (sulfide) groups is 1. The van der Waals surface area contributed by atoms with E-state index < -0.39 is 0 Å². The molecule has 15 heavy (non-hydrogen) atoms. The SMILES string of the molecule is C=C(C)[C@@]1(C)C[C@H]2C(=O)CC(C)(C)S[C@H]21. The van der Waals surface area contributed by atoms with E-state index in [2.05, 4.69) is 34.3 Å². The first kappa shape index (κ1) is 11.3. The first-order chi connectivity index (χ1) is 6.76. The molecule has 1 saturated carbocycles. The van der Waals surface area contributed by atoms with Crippen LogP contribution in [0.3, 0.4) is 0 Å². The van der Waals surface area contributed by atoms with Crippen LogP contribution in [0.2, 0.25) is 0 Å². The van der Waals surface area contributed by atoms with Gasteiger partial charge >= 0.3 is 0 Å². The van der Waals surface area contributed by atoms with Gasteiger partial charge in [0.15, 0.2) is 0 Å². The highest BCUT2D eigenvalue weighted by atomic mass is 32.2. The zero-order valence-corrected chi connectivity index (χ0v) is 10.9. The van der Waals surface area contributed by atoms with Crippen LogP contribution in [0.4, 0.5) is 0 Å². The highest BCUT2D eigenvalue weighted by Crippen LogP contribution is 2.62. The summed E-state index contributed by atoms with van der Waals surface area (Å²) in [6.07, 6.45) is 1.76. The van der Waals surface area contributed by atoms with Crippen molar-refractivity contribution in [3.05, 3.63) is 12.2 Å². The van der Waals surface area contributed by atoms with Gasteiger partial charge in [0.05, 0.1) is 0 Å².